The smallest absolute Gasteiger partial charge is 0.330 e. The molecule has 3 aliphatic rings. The van der Waals surface area contributed by atoms with Gasteiger partial charge in [-0.2, -0.15) is 0 Å². The molecule has 0 saturated carbocycles. The van der Waals surface area contributed by atoms with E-state index in [1.807, 2.05) is 17.2 Å². The van der Waals surface area contributed by atoms with Crippen molar-refractivity contribution in [1.29, 1.82) is 0 Å². The quantitative estimate of drug-likeness (QED) is 0.186. The number of rotatable bonds is 8. The Balaban J connectivity index is 1.18. The molecule has 1 aliphatic carbocycles. The number of benzene rings is 2. The van der Waals surface area contributed by atoms with Crippen molar-refractivity contribution in [2.75, 3.05) is 6.54 Å². The summed E-state index contributed by atoms with van der Waals surface area (Å²) in [7, 11) is 0. The maximum Gasteiger partial charge on any atom is 0.439 e. The third kappa shape index (κ3) is 4.97. The van der Waals surface area contributed by atoms with Crippen LogP contribution < -0.4 is 5.76 Å². The van der Waals surface area contributed by atoms with Crippen LogP contribution in [0.15, 0.2) is 70.1 Å². The van der Waals surface area contributed by atoms with Gasteiger partial charge in [0, 0.05) is 23.2 Å². The molecule has 0 spiro atoms. The van der Waals surface area contributed by atoms with Gasteiger partial charge in [0.1, 0.15) is 5.82 Å². The number of carbonyl (C=O) groups is 1. The van der Waals surface area contributed by atoms with Gasteiger partial charge in [0.25, 0.3) is 5.91 Å². The predicted octanol–water partition coefficient (Wildman–Crippen LogP) is 7.19. The number of fused-ring (bicyclic) bond motifs is 5. The highest BCUT2D eigenvalue weighted by atomic mass is 32.1. The molecule has 0 unspecified atom stereocenters. The number of nitrogens with one attached hydrogen (secondary N) is 1. The highest BCUT2D eigenvalue weighted by Gasteiger charge is 2.44. The van der Waals surface area contributed by atoms with E-state index in [9.17, 15) is 14.0 Å². The molecule has 0 radical (unpaired) electrons. The Bertz CT molecular complexity index is 2290. The van der Waals surface area contributed by atoms with Crippen molar-refractivity contribution in [1.82, 2.24) is 25.0 Å². The zero-order valence-electron chi connectivity index (χ0n) is 26.2. The number of carbonyl (C=O) groups excluding carboxylic acids is 1. The number of hydrogen-bond donors (Lipinski definition) is 1. The third-order valence-electron chi connectivity index (χ3n) is 10.2. The largest absolute Gasteiger partial charge is 0.439 e. The topological polar surface area (TPSA) is 105 Å². The molecule has 1 N–H and O–H groups in total. The van der Waals surface area contributed by atoms with Crippen LogP contribution in [-0.2, 0) is 38.5 Å². The molecular formula is C38H32FN5O3S. The summed E-state index contributed by atoms with van der Waals surface area (Å²) in [4.78, 5) is 42.0. The summed E-state index contributed by atoms with van der Waals surface area (Å²) >= 11 is 1.62. The zero-order valence-corrected chi connectivity index (χ0v) is 27.0. The number of aromatic amines is 1. The lowest BCUT2D eigenvalue weighted by Crippen LogP contribution is -2.22. The van der Waals surface area contributed by atoms with Crippen LogP contribution in [-0.4, -0.2) is 37.5 Å². The van der Waals surface area contributed by atoms with E-state index in [2.05, 4.69) is 34.4 Å². The minimum Gasteiger partial charge on any atom is -0.330 e. The van der Waals surface area contributed by atoms with E-state index in [0.717, 1.165) is 69.6 Å². The normalized spacial score (nSPS) is 16.6. The Labute approximate surface area is 279 Å². The number of aryl methyl sites for hydroxylation is 6. The van der Waals surface area contributed by atoms with Crippen molar-refractivity contribution in [3.05, 3.63) is 122 Å². The van der Waals surface area contributed by atoms with Crippen molar-refractivity contribution in [2.45, 2.75) is 63.8 Å². The SMILES string of the molecule is O=C1c2c(nc(CCc3ccc(F)cc3)c(-c3noc(=O)[nH]3)c2-c2cc3ccnc(CCc4ccc5c(c4)CCC5)c3s2)[C@@H]2CCCN12. The van der Waals surface area contributed by atoms with Crippen LogP contribution in [0.25, 0.3) is 31.9 Å². The lowest BCUT2D eigenvalue weighted by Gasteiger charge is -2.16. The van der Waals surface area contributed by atoms with Crippen LogP contribution >= 0.6 is 11.3 Å². The average molecular weight is 658 g/mol. The first-order valence-corrected chi connectivity index (χ1v) is 17.5. The van der Waals surface area contributed by atoms with E-state index in [0.29, 0.717) is 36.2 Å². The van der Waals surface area contributed by atoms with Crippen LogP contribution in [0.3, 0.4) is 0 Å². The van der Waals surface area contributed by atoms with E-state index in [1.165, 1.54) is 41.7 Å². The minimum absolute atomic E-state index is 0.0420. The van der Waals surface area contributed by atoms with Gasteiger partial charge in [0.15, 0.2) is 5.82 Å². The Hall–Kier alpha value is -4.96. The Kier molecular flexibility index (Phi) is 7.07. The second-order valence-corrected chi connectivity index (χ2v) is 14.1. The number of hydrogen-bond acceptors (Lipinski definition) is 7. The molecular weight excluding hydrogens is 626 g/mol. The molecule has 6 aromatic rings. The monoisotopic (exact) mass is 657 g/mol. The van der Waals surface area contributed by atoms with Gasteiger partial charge in [-0.25, -0.2) is 9.18 Å². The van der Waals surface area contributed by atoms with Crippen LogP contribution in [0.1, 0.15) is 75.0 Å². The molecule has 9 rings (SSSR count). The van der Waals surface area contributed by atoms with Gasteiger partial charge >= 0.3 is 5.76 Å². The summed E-state index contributed by atoms with van der Waals surface area (Å²) in [5.74, 6) is -0.767. The lowest BCUT2D eigenvalue weighted by atomic mass is 9.92. The van der Waals surface area contributed by atoms with E-state index < -0.39 is 5.76 Å². The molecule has 8 nitrogen and oxygen atoms in total. The number of nitrogens with zero attached hydrogens (tertiary/aromatic N) is 4. The molecule has 6 heterocycles. The number of thiophene rings is 1. The third-order valence-corrected chi connectivity index (χ3v) is 11.4. The van der Waals surface area contributed by atoms with Crippen molar-refractivity contribution >= 4 is 27.3 Å². The fourth-order valence-electron chi connectivity index (χ4n) is 7.85. The number of pyridine rings is 2. The standard InChI is InChI=1S/C38H32FN5O3S/c39-26-12-7-21(8-13-26)9-14-27-31(36-42-38(46)47-43-36)32(33-34(41-27)29-5-2-18-44(29)37(33)45)30-20-25-16-17-40-28(35(25)48-30)15-10-22-6-11-23-3-1-4-24(23)19-22/h6-8,11-13,16-17,19-20,29H,1-5,9-10,14-15,18H2,(H,42,43,46)/t29-/m0/s1. The second-order valence-electron chi connectivity index (χ2n) is 13.0. The van der Waals surface area contributed by atoms with Gasteiger partial charge in [-0.15, -0.1) is 11.3 Å². The van der Waals surface area contributed by atoms with E-state index in [4.69, 9.17) is 14.5 Å². The van der Waals surface area contributed by atoms with Crippen LogP contribution in [0.5, 0.6) is 0 Å². The first-order chi connectivity index (χ1) is 23.5. The van der Waals surface area contributed by atoms with Crippen molar-refractivity contribution in [3.63, 3.8) is 0 Å². The molecule has 48 heavy (non-hydrogen) atoms. The molecule has 1 fully saturated rings. The number of aromatic nitrogens is 4. The van der Waals surface area contributed by atoms with E-state index in [1.54, 1.807) is 23.5 Å². The fraction of sp³-hybridized carbons (Fsp3) is 0.289. The molecule has 1 atom stereocenters. The summed E-state index contributed by atoms with van der Waals surface area (Å²) in [6, 6.07) is 17.4. The average Bonchev–Trinajstić information content (AvgIpc) is 3.94. The van der Waals surface area contributed by atoms with Crippen molar-refractivity contribution < 1.29 is 13.7 Å². The van der Waals surface area contributed by atoms with Gasteiger partial charge in [-0.1, -0.05) is 35.5 Å². The summed E-state index contributed by atoms with van der Waals surface area (Å²) < 4.78 is 19.8. The van der Waals surface area contributed by atoms with Gasteiger partial charge in [-0.05, 0) is 110 Å². The summed E-state index contributed by atoms with van der Waals surface area (Å²) in [5.41, 5.74) is 9.64. The zero-order chi connectivity index (χ0) is 32.4. The predicted molar refractivity (Wildman–Crippen MR) is 182 cm³/mol. The van der Waals surface area contributed by atoms with E-state index in [-0.39, 0.29) is 23.6 Å². The molecule has 4 aromatic heterocycles. The molecule has 1 saturated heterocycles. The van der Waals surface area contributed by atoms with Crippen molar-refractivity contribution in [3.8, 4) is 21.8 Å². The van der Waals surface area contributed by atoms with Crippen molar-refractivity contribution in [2.24, 2.45) is 0 Å². The maximum absolute atomic E-state index is 14.1. The maximum atomic E-state index is 14.1. The van der Waals surface area contributed by atoms with Gasteiger partial charge < -0.3 is 4.90 Å². The van der Waals surface area contributed by atoms with Crippen LogP contribution in [0.4, 0.5) is 4.39 Å². The molecule has 1 amide bonds. The highest BCUT2D eigenvalue weighted by Crippen LogP contribution is 2.49. The first kappa shape index (κ1) is 29.2. The molecule has 240 valence electrons. The summed E-state index contributed by atoms with van der Waals surface area (Å²) in [6.45, 7) is 0.684. The highest BCUT2D eigenvalue weighted by molar-refractivity contribution is 7.22. The Morgan fingerprint density at radius 2 is 1.69 bits per heavy atom. The number of H-pyrrole nitrogens is 1. The Morgan fingerprint density at radius 1 is 0.875 bits per heavy atom. The minimum atomic E-state index is -0.678. The molecule has 0 bridgehead atoms. The number of amides is 1. The summed E-state index contributed by atoms with van der Waals surface area (Å²) in [6.07, 6.45) is 9.98. The van der Waals surface area contributed by atoms with E-state index >= 15 is 0 Å². The first-order valence-electron chi connectivity index (χ1n) is 16.7. The molecule has 10 heteroatoms. The fourth-order valence-corrected chi connectivity index (χ4v) is 9.08. The second kappa shape index (κ2) is 11.6. The Morgan fingerprint density at radius 3 is 2.54 bits per heavy atom. The van der Waals surface area contributed by atoms with Crippen LogP contribution in [0, 0.1) is 5.82 Å². The lowest BCUT2D eigenvalue weighted by molar-refractivity contribution is 0.0776. The van der Waals surface area contributed by atoms with Crippen LogP contribution in [0.2, 0.25) is 0 Å². The summed E-state index contributed by atoms with van der Waals surface area (Å²) in [5, 5.41) is 5.17. The van der Waals surface area contributed by atoms with Gasteiger partial charge in [0.2, 0.25) is 0 Å². The van der Waals surface area contributed by atoms with Gasteiger partial charge in [-0.3, -0.25) is 24.3 Å². The van der Waals surface area contributed by atoms with Gasteiger partial charge in [0.05, 0.1) is 39.0 Å². The number of halogens is 1. The molecule has 2 aliphatic heterocycles. The molecule has 2 aromatic carbocycles.